The Morgan fingerprint density at radius 1 is 1.17 bits per heavy atom. The molecule has 3 nitrogen and oxygen atoms in total. The van der Waals surface area contributed by atoms with Gasteiger partial charge in [-0.2, -0.15) is 0 Å². The summed E-state index contributed by atoms with van der Waals surface area (Å²) in [7, 11) is 2.29. The van der Waals surface area contributed by atoms with Crippen molar-refractivity contribution < 1.29 is 4.74 Å². The van der Waals surface area contributed by atoms with Crippen molar-refractivity contribution in [1.29, 1.82) is 0 Å². The highest BCUT2D eigenvalue weighted by Crippen LogP contribution is 2.26. The van der Waals surface area contributed by atoms with Crippen LogP contribution in [-0.2, 0) is 4.74 Å². The molecule has 3 atom stereocenters. The van der Waals surface area contributed by atoms with Crippen LogP contribution in [0.2, 0.25) is 0 Å². The average Bonchev–Trinajstić information content (AvgIpc) is 2.88. The predicted molar refractivity (Wildman–Crippen MR) is 75.9 cm³/mol. The van der Waals surface area contributed by atoms with Gasteiger partial charge in [0, 0.05) is 32.3 Å². The third-order valence-electron chi connectivity index (χ3n) is 4.67. The van der Waals surface area contributed by atoms with Gasteiger partial charge in [0.1, 0.15) is 0 Å². The van der Waals surface area contributed by atoms with Crippen LogP contribution >= 0.6 is 0 Å². The van der Waals surface area contributed by atoms with E-state index < -0.39 is 0 Å². The van der Waals surface area contributed by atoms with Crippen molar-refractivity contribution in [3.8, 4) is 0 Å². The molecule has 2 fully saturated rings. The zero-order valence-electron chi connectivity index (χ0n) is 12.2. The Hall–Kier alpha value is -0.120. The SMILES string of the molecule is CC1CCCCC1N(C)CCNCC1CCCO1. The number of ether oxygens (including phenoxy) is 1. The van der Waals surface area contributed by atoms with Crippen LogP contribution in [0.5, 0.6) is 0 Å². The molecule has 1 saturated heterocycles. The molecule has 18 heavy (non-hydrogen) atoms. The van der Waals surface area contributed by atoms with Gasteiger partial charge < -0.3 is 15.0 Å². The topological polar surface area (TPSA) is 24.5 Å². The summed E-state index contributed by atoms with van der Waals surface area (Å²) in [5.41, 5.74) is 0. The summed E-state index contributed by atoms with van der Waals surface area (Å²) in [6, 6.07) is 0.809. The highest BCUT2D eigenvalue weighted by Gasteiger charge is 2.24. The van der Waals surface area contributed by atoms with E-state index in [1.807, 2.05) is 0 Å². The van der Waals surface area contributed by atoms with E-state index >= 15 is 0 Å². The minimum Gasteiger partial charge on any atom is -0.377 e. The standard InChI is InChI=1S/C15H30N2O/c1-13-6-3-4-8-15(13)17(2)10-9-16-12-14-7-5-11-18-14/h13-16H,3-12H2,1-2H3. The van der Waals surface area contributed by atoms with Crippen molar-refractivity contribution >= 4 is 0 Å². The quantitative estimate of drug-likeness (QED) is 0.736. The van der Waals surface area contributed by atoms with E-state index in [0.29, 0.717) is 6.10 Å². The van der Waals surface area contributed by atoms with Gasteiger partial charge in [0.05, 0.1) is 6.10 Å². The lowest BCUT2D eigenvalue weighted by Gasteiger charge is -2.36. The van der Waals surface area contributed by atoms with Crippen molar-refractivity contribution in [2.45, 2.75) is 57.6 Å². The Kier molecular flexibility index (Phi) is 5.93. The second-order valence-electron chi connectivity index (χ2n) is 6.15. The van der Waals surface area contributed by atoms with Crippen molar-refractivity contribution in [2.24, 2.45) is 5.92 Å². The molecule has 1 aliphatic carbocycles. The summed E-state index contributed by atoms with van der Waals surface area (Å²) in [5.74, 6) is 0.877. The number of hydrogen-bond acceptors (Lipinski definition) is 3. The first-order chi connectivity index (χ1) is 8.77. The van der Waals surface area contributed by atoms with Gasteiger partial charge in [0.25, 0.3) is 0 Å². The van der Waals surface area contributed by atoms with Crippen LogP contribution in [0.1, 0.15) is 45.4 Å². The monoisotopic (exact) mass is 254 g/mol. The number of hydrogen-bond donors (Lipinski definition) is 1. The van der Waals surface area contributed by atoms with Crippen LogP contribution in [0.4, 0.5) is 0 Å². The van der Waals surface area contributed by atoms with E-state index in [-0.39, 0.29) is 0 Å². The normalized spacial score (nSPS) is 33.2. The molecule has 0 aromatic rings. The number of rotatable bonds is 6. The molecule has 0 bridgehead atoms. The van der Waals surface area contributed by atoms with Crippen LogP contribution < -0.4 is 5.32 Å². The molecule has 2 rings (SSSR count). The Balaban J connectivity index is 1.57. The molecule has 1 aliphatic heterocycles. The lowest BCUT2D eigenvalue weighted by atomic mass is 9.85. The van der Waals surface area contributed by atoms with Gasteiger partial charge in [-0.15, -0.1) is 0 Å². The summed E-state index contributed by atoms with van der Waals surface area (Å²) in [4.78, 5) is 2.56. The molecule has 0 radical (unpaired) electrons. The van der Waals surface area contributed by atoms with Gasteiger partial charge in [-0.3, -0.25) is 0 Å². The molecular formula is C15H30N2O. The Labute approximate surface area is 112 Å². The summed E-state index contributed by atoms with van der Waals surface area (Å²) < 4.78 is 5.62. The molecular weight excluding hydrogens is 224 g/mol. The van der Waals surface area contributed by atoms with E-state index in [1.54, 1.807) is 0 Å². The lowest BCUT2D eigenvalue weighted by Crippen LogP contribution is -2.42. The third kappa shape index (κ3) is 4.22. The molecule has 3 unspecified atom stereocenters. The maximum Gasteiger partial charge on any atom is 0.0700 e. The Morgan fingerprint density at radius 3 is 2.72 bits per heavy atom. The summed E-state index contributed by atoms with van der Waals surface area (Å²) in [6.07, 6.45) is 8.62. The van der Waals surface area contributed by atoms with Crippen molar-refractivity contribution in [2.75, 3.05) is 33.3 Å². The van der Waals surface area contributed by atoms with Gasteiger partial charge in [-0.25, -0.2) is 0 Å². The van der Waals surface area contributed by atoms with Crippen LogP contribution in [0.25, 0.3) is 0 Å². The van der Waals surface area contributed by atoms with E-state index in [9.17, 15) is 0 Å². The molecule has 1 N–H and O–H groups in total. The van der Waals surface area contributed by atoms with Gasteiger partial charge in [0.2, 0.25) is 0 Å². The van der Waals surface area contributed by atoms with E-state index in [4.69, 9.17) is 4.74 Å². The van der Waals surface area contributed by atoms with Crippen LogP contribution in [0, 0.1) is 5.92 Å². The highest BCUT2D eigenvalue weighted by molar-refractivity contribution is 4.79. The largest absolute Gasteiger partial charge is 0.377 e. The third-order valence-corrected chi connectivity index (χ3v) is 4.67. The Morgan fingerprint density at radius 2 is 2.00 bits per heavy atom. The molecule has 106 valence electrons. The molecule has 1 saturated carbocycles. The molecule has 0 aromatic heterocycles. The van der Waals surface area contributed by atoms with Crippen LogP contribution in [0.15, 0.2) is 0 Å². The molecule has 0 amide bonds. The van der Waals surface area contributed by atoms with Gasteiger partial charge in [-0.1, -0.05) is 19.8 Å². The average molecular weight is 254 g/mol. The minimum atomic E-state index is 0.476. The van der Waals surface area contributed by atoms with Crippen LogP contribution in [0.3, 0.4) is 0 Å². The van der Waals surface area contributed by atoms with E-state index in [0.717, 1.165) is 31.7 Å². The summed E-state index contributed by atoms with van der Waals surface area (Å²) >= 11 is 0. The molecule has 3 heteroatoms. The second kappa shape index (κ2) is 7.46. The fourth-order valence-corrected chi connectivity index (χ4v) is 3.44. The van der Waals surface area contributed by atoms with Crippen molar-refractivity contribution in [3.63, 3.8) is 0 Å². The van der Waals surface area contributed by atoms with Crippen LogP contribution in [-0.4, -0.2) is 50.3 Å². The molecule has 2 aliphatic rings. The predicted octanol–water partition coefficient (Wildman–Crippen LogP) is 2.27. The number of nitrogens with one attached hydrogen (secondary N) is 1. The first kappa shape index (κ1) is 14.3. The van der Waals surface area contributed by atoms with Gasteiger partial charge >= 0.3 is 0 Å². The van der Waals surface area contributed by atoms with Crippen molar-refractivity contribution in [1.82, 2.24) is 10.2 Å². The fourth-order valence-electron chi connectivity index (χ4n) is 3.44. The Bertz CT molecular complexity index is 229. The first-order valence-electron chi connectivity index (χ1n) is 7.80. The number of nitrogens with zero attached hydrogens (tertiary/aromatic N) is 1. The number of likely N-dealkylation sites (N-methyl/N-ethyl adjacent to an activating group) is 1. The molecule has 0 spiro atoms. The van der Waals surface area contributed by atoms with Gasteiger partial charge in [0.15, 0.2) is 0 Å². The summed E-state index contributed by atoms with van der Waals surface area (Å²) in [5, 5.41) is 3.55. The first-order valence-corrected chi connectivity index (χ1v) is 7.80. The minimum absolute atomic E-state index is 0.476. The zero-order chi connectivity index (χ0) is 12.8. The smallest absolute Gasteiger partial charge is 0.0700 e. The van der Waals surface area contributed by atoms with E-state index in [2.05, 4.69) is 24.2 Å². The fraction of sp³-hybridized carbons (Fsp3) is 1.00. The molecule has 1 heterocycles. The second-order valence-corrected chi connectivity index (χ2v) is 6.15. The highest BCUT2D eigenvalue weighted by atomic mass is 16.5. The lowest BCUT2D eigenvalue weighted by molar-refractivity contribution is 0.106. The zero-order valence-corrected chi connectivity index (χ0v) is 12.2. The van der Waals surface area contributed by atoms with E-state index in [1.165, 1.54) is 45.1 Å². The molecule has 0 aromatic carbocycles. The van der Waals surface area contributed by atoms with Crippen molar-refractivity contribution in [3.05, 3.63) is 0 Å². The summed E-state index contributed by atoms with van der Waals surface area (Å²) in [6.45, 7) is 6.68. The maximum absolute atomic E-state index is 5.62. The van der Waals surface area contributed by atoms with Gasteiger partial charge in [-0.05, 0) is 38.6 Å². The maximum atomic E-state index is 5.62.